The van der Waals surface area contributed by atoms with Crippen LogP contribution < -0.4 is 9.47 Å². The number of aryl methyl sites for hydroxylation is 1. The van der Waals surface area contributed by atoms with E-state index in [1.54, 1.807) is 21.1 Å². The second-order valence-electron chi connectivity index (χ2n) is 3.77. The molecule has 0 spiro atoms. The number of hydrogen-bond donors (Lipinski definition) is 1. The lowest BCUT2D eigenvalue weighted by atomic mass is 10.0. The van der Waals surface area contributed by atoms with Gasteiger partial charge in [0.2, 0.25) is 0 Å². The Hall–Kier alpha value is -0.740. The minimum absolute atomic E-state index is 0.419. The van der Waals surface area contributed by atoms with Crippen molar-refractivity contribution >= 4 is 15.9 Å². The van der Waals surface area contributed by atoms with E-state index in [4.69, 9.17) is 9.47 Å². The fraction of sp³-hybridized carbons (Fsp3) is 0.500. The maximum absolute atomic E-state index is 9.47. The molecule has 1 atom stereocenters. The van der Waals surface area contributed by atoms with Crippen molar-refractivity contribution in [3.8, 4) is 11.5 Å². The molecule has 0 aliphatic rings. The largest absolute Gasteiger partial charge is 0.496 e. The molecule has 0 bridgehead atoms. The number of hydrogen-bond acceptors (Lipinski definition) is 3. The Morgan fingerprint density at radius 2 is 2.00 bits per heavy atom. The first-order chi connectivity index (χ1) is 7.51. The lowest BCUT2D eigenvalue weighted by molar-refractivity contribution is 0.193. The van der Waals surface area contributed by atoms with Crippen LogP contribution in [0.1, 0.15) is 18.1 Å². The van der Waals surface area contributed by atoms with Gasteiger partial charge in [-0.25, -0.2) is 0 Å². The van der Waals surface area contributed by atoms with Gasteiger partial charge in [0.05, 0.1) is 24.8 Å². The highest BCUT2D eigenvalue weighted by Gasteiger charge is 2.16. The van der Waals surface area contributed by atoms with Crippen molar-refractivity contribution in [3.63, 3.8) is 0 Å². The standard InChI is InChI=1S/C12H17BrO3/c1-7-5-10(15-3)9(6-8(2)14)11(13)12(7)16-4/h5,8,14H,6H2,1-4H3. The summed E-state index contributed by atoms with van der Waals surface area (Å²) in [7, 11) is 3.25. The summed E-state index contributed by atoms with van der Waals surface area (Å²) in [5.74, 6) is 1.56. The van der Waals surface area contributed by atoms with E-state index >= 15 is 0 Å². The van der Waals surface area contributed by atoms with Crippen LogP contribution >= 0.6 is 15.9 Å². The molecular formula is C12H17BrO3. The topological polar surface area (TPSA) is 38.7 Å². The maximum Gasteiger partial charge on any atom is 0.136 e. The Kier molecular flexibility index (Phi) is 4.62. The molecule has 0 saturated heterocycles. The lowest BCUT2D eigenvalue weighted by Gasteiger charge is -2.17. The summed E-state index contributed by atoms with van der Waals surface area (Å²) in [6.07, 6.45) is 0.109. The summed E-state index contributed by atoms with van der Waals surface area (Å²) >= 11 is 3.50. The Balaban J connectivity index is 3.31. The summed E-state index contributed by atoms with van der Waals surface area (Å²) < 4.78 is 11.5. The van der Waals surface area contributed by atoms with Gasteiger partial charge in [0, 0.05) is 12.0 Å². The molecule has 0 saturated carbocycles. The summed E-state index contributed by atoms with van der Waals surface area (Å²) in [5, 5.41) is 9.47. The zero-order valence-electron chi connectivity index (χ0n) is 10.0. The van der Waals surface area contributed by atoms with E-state index < -0.39 is 6.10 Å². The summed E-state index contributed by atoms with van der Waals surface area (Å²) in [4.78, 5) is 0. The zero-order valence-corrected chi connectivity index (χ0v) is 11.6. The molecule has 0 aliphatic carbocycles. The molecule has 3 nitrogen and oxygen atoms in total. The van der Waals surface area contributed by atoms with Gasteiger partial charge in [0.25, 0.3) is 0 Å². The Morgan fingerprint density at radius 1 is 1.38 bits per heavy atom. The van der Waals surface area contributed by atoms with E-state index in [2.05, 4.69) is 15.9 Å². The first-order valence-corrected chi connectivity index (χ1v) is 5.88. The number of ether oxygens (including phenoxy) is 2. The van der Waals surface area contributed by atoms with Gasteiger partial charge in [-0.15, -0.1) is 0 Å². The SMILES string of the molecule is COc1cc(C)c(OC)c(Br)c1CC(C)O. The van der Waals surface area contributed by atoms with Crippen LogP contribution in [0.15, 0.2) is 10.5 Å². The third-order valence-corrected chi connectivity index (χ3v) is 3.23. The van der Waals surface area contributed by atoms with Crippen LogP contribution in [0.5, 0.6) is 11.5 Å². The monoisotopic (exact) mass is 288 g/mol. The van der Waals surface area contributed by atoms with Crippen LogP contribution in [-0.4, -0.2) is 25.4 Å². The van der Waals surface area contributed by atoms with Crippen molar-refractivity contribution in [2.24, 2.45) is 0 Å². The highest BCUT2D eigenvalue weighted by Crippen LogP contribution is 2.38. The first-order valence-electron chi connectivity index (χ1n) is 5.09. The van der Waals surface area contributed by atoms with Crippen LogP contribution in [0.2, 0.25) is 0 Å². The van der Waals surface area contributed by atoms with E-state index in [9.17, 15) is 5.11 Å². The number of aliphatic hydroxyl groups is 1. The molecule has 0 heterocycles. The van der Waals surface area contributed by atoms with Crippen molar-refractivity contribution in [1.82, 2.24) is 0 Å². The fourth-order valence-electron chi connectivity index (χ4n) is 1.69. The average molecular weight is 289 g/mol. The number of aliphatic hydroxyl groups excluding tert-OH is 1. The average Bonchev–Trinajstić information content (AvgIpc) is 2.22. The van der Waals surface area contributed by atoms with Gasteiger partial charge in [-0.1, -0.05) is 0 Å². The predicted octanol–water partition coefficient (Wildman–Crippen LogP) is 2.70. The third-order valence-electron chi connectivity index (χ3n) is 2.39. The Labute approximate surface area is 105 Å². The molecular weight excluding hydrogens is 272 g/mol. The lowest BCUT2D eigenvalue weighted by Crippen LogP contribution is -2.07. The second kappa shape index (κ2) is 5.55. The molecule has 90 valence electrons. The minimum atomic E-state index is -0.419. The molecule has 0 amide bonds. The van der Waals surface area contributed by atoms with E-state index in [1.807, 2.05) is 13.0 Å². The molecule has 0 radical (unpaired) electrons. The predicted molar refractivity (Wildman–Crippen MR) is 67.4 cm³/mol. The van der Waals surface area contributed by atoms with Crippen LogP contribution in [0.3, 0.4) is 0 Å². The molecule has 4 heteroatoms. The highest BCUT2D eigenvalue weighted by atomic mass is 79.9. The normalized spacial score (nSPS) is 12.4. The van der Waals surface area contributed by atoms with E-state index in [-0.39, 0.29) is 0 Å². The second-order valence-corrected chi connectivity index (χ2v) is 4.57. The fourth-order valence-corrected chi connectivity index (χ4v) is 2.52. The maximum atomic E-state index is 9.47. The van der Waals surface area contributed by atoms with Crippen molar-refractivity contribution in [1.29, 1.82) is 0 Å². The molecule has 1 aromatic rings. The summed E-state index contributed by atoms with van der Waals surface area (Å²) in [6, 6.07) is 1.92. The first kappa shape index (κ1) is 13.3. The van der Waals surface area contributed by atoms with E-state index in [0.29, 0.717) is 6.42 Å². The molecule has 1 rings (SSSR count). The van der Waals surface area contributed by atoms with Crippen molar-refractivity contribution in [3.05, 3.63) is 21.7 Å². The van der Waals surface area contributed by atoms with Gasteiger partial charge in [-0.05, 0) is 41.4 Å². The van der Waals surface area contributed by atoms with E-state index in [1.165, 1.54) is 0 Å². The molecule has 0 aliphatic heterocycles. The van der Waals surface area contributed by atoms with Gasteiger partial charge >= 0.3 is 0 Å². The van der Waals surface area contributed by atoms with Gasteiger partial charge in [0.15, 0.2) is 0 Å². The third kappa shape index (κ3) is 2.68. The van der Waals surface area contributed by atoms with Crippen molar-refractivity contribution in [2.45, 2.75) is 26.4 Å². The van der Waals surface area contributed by atoms with Gasteiger partial charge < -0.3 is 14.6 Å². The zero-order chi connectivity index (χ0) is 12.3. The molecule has 0 aromatic heterocycles. The molecule has 1 aromatic carbocycles. The molecule has 1 unspecified atom stereocenters. The van der Waals surface area contributed by atoms with Crippen LogP contribution in [0, 0.1) is 6.92 Å². The summed E-state index contributed by atoms with van der Waals surface area (Å²) in [5.41, 5.74) is 1.93. The minimum Gasteiger partial charge on any atom is -0.496 e. The van der Waals surface area contributed by atoms with Crippen molar-refractivity contribution in [2.75, 3.05) is 14.2 Å². The van der Waals surface area contributed by atoms with Crippen LogP contribution in [0.25, 0.3) is 0 Å². The van der Waals surface area contributed by atoms with Crippen LogP contribution in [-0.2, 0) is 6.42 Å². The van der Waals surface area contributed by atoms with Gasteiger partial charge in [-0.2, -0.15) is 0 Å². The Bertz CT molecular complexity index is 375. The summed E-state index contributed by atoms with van der Waals surface area (Å²) in [6.45, 7) is 3.70. The number of rotatable bonds is 4. The van der Waals surface area contributed by atoms with Crippen LogP contribution in [0.4, 0.5) is 0 Å². The Morgan fingerprint density at radius 3 is 2.44 bits per heavy atom. The smallest absolute Gasteiger partial charge is 0.136 e. The van der Waals surface area contributed by atoms with Crippen molar-refractivity contribution < 1.29 is 14.6 Å². The highest BCUT2D eigenvalue weighted by molar-refractivity contribution is 9.10. The number of benzene rings is 1. The molecule has 1 N–H and O–H groups in total. The molecule has 0 fully saturated rings. The van der Waals surface area contributed by atoms with Gasteiger partial charge in [0.1, 0.15) is 11.5 Å². The number of methoxy groups -OCH3 is 2. The van der Waals surface area contributed by atoms with E-state index in [0.717, 1.165) is 27.1 Å². The quantitative estimate of drug-likeness (QED) is 0.926. The van der Waals surface area contributed by atoms with Gasteiger partial charge in [-0.3, -0.25) is 0 Å². The molecule has 16 heavy (non-hydrogen) atoms. The number of halogens is 1.